The van der Waals surface area contributed by atoms with Crippen molar-refractivity contribution < 1.29 is 0 Å². The number of thiocarbonyl (C=S) groups is 1. The predicted molar refractivity (Wildman–Crippen MR) is 110 cm³/mol. The van der Waals surface area contributed by atoms with Crippen LogP contribution in [-0.4, -0.2) is 18.1 Å². The van der Waals surface area contributed by atoms with Crippen LogP contribution in [0.4, 0.5) is 11.4 Å². The summed E-state index contributed by atoms with van der Waals surface area (Å²) in [6.07, 6.45) is 7.02. The number of anilines is 2. The summed E-state index contributed by atoms with van der Waals surface area (Å²) < 4.78 is 0. The highest BCUT2D eigenvalue weighted by Crippen LogP contribution is 2.39. The van der Waals surface area contributed by atoms with Crippen molar-refractivity contribution in [3.63, 3.8) is 0 Å². The first kappa shape index (κ1) is 16.6. The molecule has 0 radical (unpaired) electrons. The summed E-state index contributed by atoms with van der Waals surface area (Å²) in [5, 5.41) is 3.49. The number of hydrogen-bond donors (Lipinski definition) is 1. The molecule has 4 rings (SSSR count). The maximum Gasteiger partial charge on any atom is 0.111 e. The maximum atomic E-state index is 5.63. The molecule has 25 heavy (non-hydrogen) atoms. The minimum absolute atomic E-state index is 0.792. The average molecular weight is 351 g/mol. The van der Waals surface area contributed by atoms with E-state index in [1.165, 1.54) is 44.3 Å². The van der Waals surface area contributed by atoms with Gasteiger partial charge in [0.05, 0.1) is 11.4 Å². The van der Waals surface area contributed by atoms with Gasteiger partial charge in [-0.05, 0) is 36.8 Å². The van der Waals surface area contributed by atoms with Gasteiger partial charge in [0.15, 0.2) is 0 Å². The number of nitrogens with zero attached hydrogens (tertiary/aromatic N) is 1. The van der Waals surface area contributed by atoms with Crippen LogP contribution in [0.5, 0.6) is 0 Å². The molecule has 0 aromatic heterocycles. The van der Waals surface area contributed by atoms with E-state index in [0.717, 1.165) is 34.6 Å². The lowest BCUT2D eigenvalue weighted by Gasteiger charge is -2.42. The molecule has 1 saturated heterocycles. The van der Waals surface area contributed by atoms with E-state index in [1.807, 2.05) is 18.2 Å². The monoisotopic (exact) mass is 350 g/mol. The fourth-order valence-corrected chi connectivity index (χ4v) is 4.70. The van der Waals surface area contributed by atoms with E-state index in [9.17, 15) is 0 Å². The Labute approximate surface area is 156 Å². The zero-order valence-corrected chi connectivity index (χ0v) is 15.5. The van der Waals surface area contributed by atoms with Crippen LogP contribution in [0.2, 0.25) is 0 Å². The molecule has 2 fully saturated rings. The van der Waals surface area contributed by atoms with E-state index in [-0.39, 0.29) is 0 Å². The first-order valence-electron chi connectivity index (χ1n) is 9.51. The van der Waals surface area contributed by atoms with Crippen LogP contribution in [0.1, 0.15) is 37.7 Å². The first-order chi connectivity index (χ1) is 12.3. The number of piperidine rings is 1. The topological polar surface area (TPSA) is 15.3 Å². The molecule has 2 aliphatic rings. The molecule has 2 aromatic carbocycles. The molecule has 1 aliphatic carbocycles. The van der Waals surface area contributed by atoms with Gasteiger partial charge < -0.3 is 10.2 Å². The van der Waals surface area contributed by atoms with E-state index in [2.05, 4.69) is 46.6 Å². The van der Waals surface area contributed by atoms with Gasteiger partial charge in [-0.3, -0.25) is 0 Å². The Morgan fingerprint density at radius 3 is 2.44 bits per heavy atom. The Hall–Kier alpha value is -1.87. The number of hydrogen-bond acceptors (Lipinski definition) is 2. The molecular formula is C22H26N2S. The van der Waals surface area contributed by atoms with Crippen molar-refractivity contribution in [3.05, 3.63) is 60.2 Å². The zero-order valence-electron chi connectivity index (χ0n) is 14.7. The summed E-state index contributed by atoms with van der Waals surface area (Å²) in [6, 6.07) is 18.8. The quantitative estimate of drug-likeness (QED) is 0.737. The minimum atomic E-state index is 0.792. The third-order valence-electron chi connectivity index (χ3n) is 5.82. The van der Waals surface area contributed by atoms with Crippen LogP contribution in [-0.2, 0) is 0 Å². The normalized spacial score (nSPS) is 23.0. The fourth-order valence-electron chi connectivity index (χ4n) is 4.46. The van der Waals surface area contributed by atoms with Crippen LogP contribution in [0.3, 0.4) is 0 Å². The molecule has 0 bridgehead atoms. The summed E-state index contributed by atoms with van der Waals surface area (Å²) in [6.45, 7) is 2.36. The van der Waals surface area contributed by atoms with Crippen molar-refractivity contribution in [2.24, 2.45) is 11.8 Å². The third-order valence-corrected chi connectivity index (χ3v) is 6.16. The van der Waals surface area contributed by atoms with Gasteiger partial charge >= 0.3 is 0 Å². The highest BCUT2D eigenvalue weighted by Gasteiger charge is 2.31. The Morgan fingerprint density at radius 2 is 1.60 bits per heavy atom. The predicted octanol–water partition coefficient (Wildman–Crippen LogP) is 5.49. The van der Waals surface area contributed by atoms with E-state index >= 15 is 0 Å². The lowest BCUT2D eigenvalue weighted by Crippen LogP contribution is -2.42. The van der Waals surface area contributed by atoms with E-state index in [4.69, 9.17) is 12.2 Å². The van der Waals surface area contributed by atoms with E-state index in [0.29, 0.717) is 0 Å². The summed E-state index contributed by atoms with van der Waals surface area (Å²) in [5.74, 6) is 1.83. The van der Waals surface area contributed by atoms with Crippen LogP contribution in [0.15, 0.2) is 54.6 Å². The van der Waals surface area contributed by atoms with Gasteiger partial charge in [0.1, 0.15) is 4.99 Å². The Kier molecular flexibility index (Phi) is 5.02. The number of nitrogens with one attached hydrogen (secondary N) is 1. The van der Waals surface area contributed by atoms with Crippen molar-refractivity contribution >= 4 is 28.6 Å². The molecule has 1 N–H and O–H groups in total. The minimum Gasteiger partial charge on any atom is -0.370 e. The molecule has 0 amide bonds. The van der Waals surface area contributed by atoms with Crippen LogP contribution >= 0.6 is 12.2 Å². The molecule has 0 spiro atoms. The average Bonchev–Trinajstić information content (AvgIpc) is 2.69. The number of benzene rings is 2. The van der Waals surface area contributed by atoms with Gasteiger partial charge in [-0.15, -0.1) is 0 Å². The van der Waals surface area contributed by atoms with Crippen LogP contribution in [0, 0.1) is 11.8 Å². The molecule has 3 heteroatoms. The standard InChI is InChI=1S/C22H26N2S/c25-22(18-9-2-1-3-10-18)23-20-12-6-7-13-21(20)24-15-14-17-8-4-5-11-19(17)16-24/h1-3,6-7,9-10,12-13,17,19H,4-5,8,11,14-16H2,(H,23,25)/t17-,19-/m0/s1. The van der Waals surface area contributed by atoms with Gasteiger partial charge in [0, 0.05) is 18.7 Å². The maximum absolute atomic E-state index is 5.63. The zero-order chi connectivity index (χ0) is 17.1. The van der Waals surface area contributed by atoms with Crippen molar-refractivity contribution in [3.8, 4) is 0 Å². The van der Waals surface area contributed by atoms with Gasteiger partial charge in [0.2, 0.25) is 0 Å². The highest BCUT2D eigenvalue weighted by molar-refractivity contribution is 7.81. The molecule has 1 heterocycles. The summed E-state index contributed by atoms with van der Waals surface area (Å²) >= 11 is 5.63. The Bertz CT molecular complexity index is 728. The summed E-state index contributed by atoms with van der Waals surface area (Å²) in [5.41, 5.74) is 3.49. The number of para-hydroxylation sites is 2. The number of rotatable bonds is 3. The van der Waals surface area contributed by atoms with Crippen LogP contribution < -0.4 is 10.2 Å². The van der Waals surface area contributed by atoms with Gasteiger partial charge in [-0.2, -0.15) is 0 Å². The highest BCUT2D eigenvalue weighted by atomic mass is 32.1. The number of fused-ring (bicyclic) bond motifs is 1. The fraction of sp³-hybridized carbons (Fsp3) is 0.409. The van der Waals surface area contributed by atoms with Crippen molar-refractivity contribution in [1.82, 2.24) is 0 Å². The van der Waals surface area contributed by atoms with Crippen molar-refractivity contribution in [2.45, 2.75) is 32.1 Å². The summed E-state index contributed by atoms with van der Waals surface area (Å²) in [7, 11) is 0. The van der Waals surface area contributed by atoms with Gasteiger partial charge in [-0.1, -0.05) is 73.9 Å². The second-order valence-corrected chi connectivity index (χ2v) is 7.78. The Balaban J connectivity index is 1.52. The van der Waals surface area contributed by atoms with Gasteiger partial charge in [0.25, 0.3) is 0 Å². The lowest BCUT2D eigenvalue weighted by molar-refractivity contribution is 0.202. The molecule has 1 saturated carbocycles. The third kappa shape index (κ3) is 3.72. The van der Waals surface area contributed by atoms with Gasteiger partial charge in [-0.25, -0.2) is 0 Å². The molecular weight excluding hydrogens is 324 g/mol. The second-order valence-electron chi connectivity index (χ2n) is 7.38. The van der Waals surface area contributed by atoms with Crippen molar-refractivity contribution in [1.29, 1.82) is 0 Å². The summed E-state index contributed by atoms with van der Waals surface area (Å²) in [4.78, 5) is 3.36. The molecule has 2 nitrogen and oxygen atoms in total. The second kappa shape index (κ2) is 7.57. The van der Waals surface area contributed by atoms with Crippen molar-refractivity contribution in [2.75, 3.05) is 23.3 Å². The molecule has 130 valence electrons. The molecule has 0 unspecified atom stereocenters. The molecule has 1 aliphatic heterocycles. The first-order valence-corrected chi connectivity index (χ1v) is 9.92. The lowest BCUT2D eigenvalue weighted by atomic mass is 9.75. The smallest absolute Gasteiger partial charge is 0.111 e. The SMILES string of the molecule is S=C(Nc1ccccc1N1CC[C@@H]2CCCC[C@H]2C1)c1ccccc1. The molecule has 2 atom stereocenters. The van der Waals surface area contributed by atoms with Crippen LogP contribution in [0.25, 0.3) is 0 Å². The van der Waals surface area contributed by atoms with E-state index in [1.54, 1.807) is 0 Å². The van der Waals surface area contributed by atoms with E-state index < -0.39 is 0 Å². The Morgan fingerprint density at radius 1 is 0.880 bits per heavy atom. The largest absolute Gasteiger partial charge is 0.370 e. The molecule has 2 aromatic rings.